The average Bonchev–Trinajstić information content (AvgIpc) is 3.21. The Balaban J connectivity index is 1.73. The fourth-order valence-corrected chi connectivity index (χ4v) is 3.93. The number of amides is 2. The van der Waals surface area contributed by atoms with Gasteiger partial charge in [-0.2, -0.15) is 0 Å². The van der Waals surface area contributed by atoms with Gasteiger partial charge in [-0.05, 0) is 36.6 Å². The smallest absolute Gasteiger partial charge is 0.317 e. The number of ether oxygens (including phenoxy) is 2. The second-order valence-electron chi connectivity index (χ2n) is 7.98. The second-order valence-corrected chi connectivity index (χ2v) is 7.98. The van der Waals surface area contributed by atoms with Crippen LogP contribution in [0.1, 0.15) is 43.9 Å². The molecule has 1 heterocycles. The van der Waals surface area contributed by atoms with Crippen LogP contribution in [0.15, 0.2) is 42.5 Å². The van der Waals surface area contributed by atoms with Crippen molar-refractivity contribution in [3.63, 3.8) is 0 Å². The lowest BCUT2D eigenvalue weighted by Crippen LogP contribution is -2.44. The van der Waals surface area contributed by atoms with Gasteiger partial charge in [-0.3, -0.25) is 0 Å². The monoisotopic (exact) mass is 400 g/mol. The topological polar surface area (TPSA) is 50.8 Å². The molecule has 5 nitrogen and oxygen atoms in total. The fourth-order valence-electron chi connectivity index (χ4n) is 3.93. The summed E-state index contributed by atoms with van der Waals surface area (Å²) in [6.45, 7) is 4.88. The summed E-state index contributed by atoms with van der Waals surface area (Å²) >= 11 is 0. The molecule has 0 aromatic heterocycles. The summed E-state index contributed by atoms with van der Waals surface area (Å²) in [7, 11) is 3.23. The molecule has 1 fully saturated rings. The molecular formula is C23H29FN2O3. The second kappa shape index (κ2) is 8.72. The number of nitrogens with one attached hydrogen (secondary N) is 1. The molecule has 0 saturated carbocycles. The number of rotatable bonds is 6. The van der Waals surface area contributed by atoms with Crippen LogP contribution < -0.4 is 14.8 Å². The molecule has 0 bridgehead atoms. The van der Waals surface area contributed by atoms with Crippen LogP contribution in [0.3, 0.4) is 0 Å². The highest BCUT2D eigenvalue weighted by molar-refractivity contribution is 5.75. The zero-order valence-electron chi connectivity index (χ0n) is 17.5. The van der Waals surface area contributed by atoms with Crippen molar-refractivity contribution < 1.29 is 18.7 Å². The number of hydrogen-bond donors (Lipinski definition) is 1. The maximum Gasteiger partial charge on any atom is 0.317 e. The minimum absolute atomic E-state index is 0.0626. The van der Waals surface area contributed by atoms with E-state index in [-0.39, 0.29) is 17.9 Å². The van der Waals surface area contributed by atoms with Crippen LogP contribution in [0.5, 0.6) is 11.5 Å². The Bertz CT molecular complexity index is 869. The van der Waals surface area contributed by atoms with E-state index in [1.165, 1.54) is 6.07 Å². The number of urea groups is 1. The first-order valence-electron chi connectivity index (χ1n) is 9.89. The normalized spacial score (nSPS) is 16.6. The van der Waals surface area contributed by atoms with Gasteiger partial charge in [-0.1, -0.05) is 32.0 Å². The summed E-state index contributed by atoms with van der Waals surface area (Å²) in [5, 5.41) is 3.01. The van der Waals surface area contributed by atoms with Crippen molar-refractivity contribution in [3.05, 3.63) is 59.4 Å². The average molecular weight is 400 g/mol. The van der Waals surface area contributed by atoms with Crippen molar-refractivity contribution in [1.29, 1.82) is 0 Å². The summed E-state index contributed by atoms with van der Waals surface area (Å²) in [5.41, 5.74) is 1.04. The summed E-state index contributed by atoms with van der Waals surface area (Å²) in [6, 6.07) is 12.2. The SMILES string of the molecule is COc1ccc(C2CCCN2C(=O)NCC(C)(C)c2ccccc2F)c(OC)c1. The number of halogens is 1. The Morgan fingerprint density at radius 2 is 1.97 bits per heavy atom. The lowest BCUT2D eigenvalue weighted by atomic mass is 9.84. The van der Waals surface area contributed by atoms with Crippen LogP contribution in [0.25, 0.3) is 0 Å². The molecule has 0 radical (unpaired) electrons. The highest BCUT2D eigenvalue weighted by Gasteiger charge is 2.33. The van der Waals surface area contributed by atoms with Crippen molar-refractivity contribution in [2.24, 2.45) is 0 Å². The molecule has 1 atom stereocenters. The van der Waals surface area contributed by atoms with E-state index in [4.69, 9.17) is 9.47 Å². The molecule has 156 valence electrons. The van der Waals surface area contributed by atoms with Crippen LogP contribution in [0.4, 0.5) is 9.18 Å². The molecule has 6 heteroatoms. The van der Waals surface area contributed by atoms with Crippen LogP contribution in [-0.2, 0) is 5.41 Å². The molecule has 1 unspecified atom stereocenters. The minimum atomic E-state index is -0.520. The van der Waals surface area contributed by atoms with Crippen molar-refractivity contribution in [3.8, 4) is 11.5 Å². The third kappa shape index (κ3) is 4.47. The maximum absolute atomic E-state index is 14.2. The third-order valence-electron chi connectivity index (χ3n) is 5.60. The first-order valence-corrected chi connectivity index (χ1v) is 9.89. The molecule has 1 N–H and O–H groups in total. The summed E-state index contributed by atoms with van der Waals surface area (Å²) < 4.78 is 25.0. The van der Waals surface area contributed by atoms with E-state index >= 15 is 0 Å². The van der Waals surface area contributed by atoms with Gasteiger partial charge in [0.2, 0.25) is 0 Å². The first-order chi connectivity index (χ1) is 13.9. The number of methoxy groups -OCH3 is 2. The molecule has 2 aromatic carbocycles. The number of carbonyl (C=O) groups excluding carboxylic acids is 1. The summed E-state index contributed by atoms with van der Waals surface area (Å²) in [5.74, 6) is 1.17. The van der Waals surface area contributed by atoms with Gasteiger partial charge in [0, 0.05) is 30.1 Å². The summed E-state index contributed by atoms with van der Waals surface area (Å²) in [4.78, 5) is 14.8. The molecular weight excluding hydrogens is 371 g/mol. The Morgan fingerprint density at radius 3 is 2.66 bits per heavy atom. The molecule has 1 saturated heterocycles. The predicted molar refractivity (Wildman–Crippen MR) is 111 cm³/mol. The van der Waals surface area contributed by atoms with Crippen LogP contribution in [0.2, 0.25) is 0 Å². The molecule has 2 aromatic rings. The van der Waals surface area contributed by atoms with Gasteiger partial charge in [0.15, 0.2) is 0 Å². The van der Waals surface area contributed by atoms with Gasteiger partial charge in [0.05, 0.1) is 20.3 Å². The minimum Gasteiger partial charge on any atom is -0.497 e. The number of carbonyl (C=O) groups is 1. The van der Waals surface area contributed by atoms with Gasteiger partial charge < -0.3 is 19.7 Å². The highest BCUT2D eigenvalue weighted by atomic mass is 19.1. The van der Waals surface area contributed by atoms with E-state index in [0.717, 1.165) is 18.4 Å². The van der Waals surface area contributed by atoms with E-state index in [2.05, 4.69) is 5.32 Å². The molecule has 29 heavy (non-hydrogen) atoms. The third-order valence-corrected chi connectivity index (χ3v) is 5.60. The van der Waals surface area contributed by atoms with E-state index in [0.29, 0.717) is 30.2 Å². The van der Waals surface area contributed by atoms with Crippen molar-refractivity contribution >= 4 is 6.03 Å². The molecule has 2 amide bonds. The predicted octanol–water partition coefficient (Wildman–Crippen LogP) is 4.67. The lowest BCUT2D eigenvalue weighted by molar-refractivity contribution is 0.189. The van der Waals surface area contributed by atoms with Crippen LogP contribution in [-0.4, -0.2) is 38.2 Å². The van der Waals surface area contributed by atoms with Crippen LogP contribution >= 0.6 is 0 Å². The highest BCUT2D eigenvalue weighted by Crippen LogP contribution is 2.38. The Morgan fingerprint density at radius 1 is 1.21 bits per heavy atom. The van der Waals surface area contributed by atoms with Gasteiger partial charge in [0.1, 0.15) is 17.3 Å². The molecule has 1 aliphatic rings. The molecule has 0 spiro atoms. The number of likely N-dealkylation sites (tertiary alicyclic amines) is 1. The van der Waals surface area contributed by atoms with Crippen molar-refractivity contribution in [2.45, 2.75) is 38.1 Å². The Labute approximate surface area is 171 Å². The zero-order chi connectivity index (χ0) is 21.0. The Kier molecular flexibility index (Phi) is 6.30. The van der Waals surface area contributed by atoms with Crippen molar-refractivity contribution in [1.82, 2.24) is 10.2 Å². The largest absolute Gasteiger partial charge is 0.497 e. The van der Waals surface area contributed by atoms with E-state index in [9.17, 15) is 9.18 Å². The van der Waals surface area contributed by atoms with E-state index in [1.54, 1.807) is 26.4 Å². The molecule has 3 rings (SSSR count). The number of nitrogens with zero attached hydrogens (tertiary/aromatic N) is 1. The number of hydrogen-bond acceptors (Lipinski definition) is 3. The standard InChI is InChI=1S/C23H29FN2O3/c1-23(2,18-8-5-6-9-19(18)24)15-25-22(27)26-13-7-10-20(26)17-12-11-16(28-3)14-21(17)29-4/h5-6,8-9,11-12,14,20H,7,10,13,15H2,1-4H3,(H,25,27). The Hall–Kier alpha value is -2.76. The maximum atomic E-state index is 14.2. The van der Waals surface area contributed by atoms with Gasteiger partial charge in [-0.25, -0.2) is 9.18 Å². The lowest BCUT2D eigenvalue weighted by Gasteiger charge is -2.30. The first kappa shape index (κ1) is 21.0. The fraction of sp³-hybridized carbons (Fsp3) is 0.435. The molecule has 0 aliphatic carbocycles. The molecule has 1 aliphatic heterocycles. The van der Waals surface area contributed by atoms with Gasteiger partial charge in [-0.15, -0.1) is 0 Å². The van der Waals surface area contributed by atoms with Gasteiger partial charge >= 0.3 is 6.03 Å². The summed E-state index contributed by atoms with van der Waals surface area (Å²) in [6.07, 6.45) is 1.79. The van der Waals surface area contributed by atoms with Crippen molar-refractivity contribution in [2.75, 3.05) is 27.3 Å². The quantitative estimate of drug-likeness (QED) is 0.767. The van der Waals surface area contributed by atoms with E-state index < -0.39 is 5.41 Å². The number of benzene rings is 2. The zero-order valence-corrected chi connectivity index (χ0v) is 17.5. The van der Waals surface area contributed by atoms with E-state index in [1.807, 2.05) is 43.0 Å². The van der Waals surface area contributed by atoms with Crippen LogP contribution in [0, 0.1) is 5.82 Å². The van der Waals surface area contributed by atoms with Gasteiger partial charge in [0.25, 0.3) is 0 Å².